The highest BCUT2D eigenvalue weighted by Crippen LogP contribution is 2.45. The Morgan fingerprint density at radius 2 is 2.12 bits per heavy atom. The van der Waals surface area contributed by atoms with Crippen molar-refractivity contribution in [1.29, 1.82) is 0 Å². The number of carbonyl (C=O) groups is 2. The molecule has 0 bridgehead atoms. The molecule has 0 aromatic heterocycles. The summed E-state index contributed by atoms with van der Waals surface area (Å²) in [5, 5.41) is 0. The maximum absolute atomic E-state index is 12.1. The van der Waals surface area contributed by atoms with Crippen LogP contribution in [-0.4, -0.2) is 35.9 Å². The quantitative estimate of drug-likeness (QED) is 0.451. The van der Waals surface area contributed by atoms with E-state index in [1.165, 1.54) is 5.57 Å². The molecule has 24 heavy (non-hydrogen) atoms. The zero-order valence-electron chi connectivity index (χ0n) is 14.8. The summed E-state index contributed by atoms with van der Waals surface area (Å²) in [5.41, 5.74) is 1.08. The van der Waals surface area contributed by atoms with E-state index in [-0.39, 0.29) is 36.2 Å². The Labute approximate surface area is 143 Å². The molecule has 2 heterocycles. The zero-order chi connectivity index (χ0) is 17.5. The minimum atomic E-state index is -0.725. The number of rotatable bonds is 3. The van der Waals surface area contributed by atoms with E-state index in [9.17, 15) is 9.59 Å². The van der Waals surface area contributed by atoms with Crippen LogP contribution in [-0.2, 0) is 23.8 Å². The summed E-state index contributed by atoms with van der Waals surface area (Å²) in [5.74, 6) is -0.292. The molecule has 3 rings (SSSR count). The van der Waals surface area contributed by atoms with Crippen LogP contribution in [0, 0.1) is 5.92 Å². The van der Waals surface area contributed by atoms with Gasteiger partial charge >= 0.3 is 11.9 Å². The third-order valence-electron chi connectivity index (χ3n) is 5.43. The Balaban J connectivity index is 1.71. The molecule has 2 saturated heterocycles. The van der Waals surface area contributed by atoms with Crippen molar-refractivity contribution in [3.63, 3.8) is 0 Å². The molecule has 0 saturated carbocycles. The molecule has 5 heteroatoms. The molecular weight excluding hydrogens is 308 g/mol. The predicted molar refractivity (Wildman–Crippen MR) is 88.2 cm³/mol. The van der Waals surface area contributed by atoms with Crippen molar-refractivity contribution in [2.45, 2.75) is 77.3 Å². The number of ether oxygens (including phenoxy) is 3. The number of esters is 2. The summed E-state index contributed by atoms with van der Waals surface area (Å²) >= 11 is 0. The lowest BCUT2D eigenvalue weighted by atomic mass is 9.78. The first-order valence-corrected chi connectivity index (χ1v) is 8.72. The first kappa shape index (κ1) is 17.2. The lowest BCUT2D eigenvalue weighted by Gasteiger charge is -2.35. The van der Waals surface area contributed by atoms with Gasteiger partial charge < -0.3 is 14.2 Å². The Bertz CT molecular complexity index is 601. The van der Waals surface area contributed by atoms with E-state index in [0.29, 0.717) is 12.0 Å². The van der Waals surface area contributed by atoms with Crippen molar-refractivity contribution in [1.82, 2.24) is 0 Å². The van der Waals surface area contributed by atoms with Gasteiger partial charge in [0.15, 0.2) is 0 Å². The van der Waals surface area contributed by atoms with Gasteiger partial charge in [-0.1, -0.05) is 12.2 Å². The maximum atomic E-state index is 12.1. The van der Waals surface area contributed by atoms with Gasteiger partial charge in [-0.25, -0.2) is 4.79 Å². The normalized spacial score (nSPS) is 33.2. The molecule has 0 N–H and O–H groups in total. The van der Waals surface area contributed by atoms with Crippen molar-refractivity contribution in [3.05, 3.63) is 23.3 Å². The second kappa shape index (κ2) is 6.36. The van der Waals surface area contributed by atoms with Crippen LogP contribution in [0.5, 0.6) is 0 Å². The van der Waals surface area contributed by atoms with Crippen LogP contribution in [0.2, 0.25) is 0 Å². The predicted octanol–water partition coefficient (Wildman–Crippen LogP) is 3.08. The molecule has 4 unspecified atom stereocenters. The molecule has 0 aromatic carbocycles. The maximum Gasteiger partial charge on any atom is 0.333 e. The Morgan fingerprint density at radius 3 is 2.83 bits per heavy atom. The average Bonchev–Trinajstić information content (AvgIpc) is 2.99. The van der Waals surface area contributed by atoms with Crippen molar-refractivity contribution in [2.75, 3.05) is 0 Å². The number of allylic oxidation sites excluding steroid dienone is 1. The number of hydrogen-bond acceptors (Lipinski definition) is 5. The lowest BCUT2D eigenvalue weighted by Crippen LogP contribution is -2.41. The van der Waals surface area contributed by atoms with Gasteiger partial charge in [0, 0.05) is 17.9 Å². The van der Waals surface area contributed by atoms with Crippen LogP contribution in [0.4, 0.5) is 0 Å². The van der Waals surface area contributed by atoms with E-state index in [2.05, 4.69) is 6.08 Å². The Kier molecular flexibility index (Phi) is 4.56. The molecule has 2 fully saturated rings. The van der Waals surface area contributed by atoms with Gasteiger partial charge in [0.05, 0.1) is 12.2 Å². The summed E-state index contributed by atoms with van der Waals surface area (Å²) in [7, 11) is 0. The van der Waals surface area contributed by atoms with Crippen molar-refractivity contribution >= 4 is 11.9 Å². The third-order valence-corrected chi connectivity index (χ3v) is 5.43. The van der Waals surface area contributed by atoms with Crippen LogP contribution in [0.25, 0.3) is 0 Å². The van der Waals surface area contributed by atoms with Gasteiger partial charge in [0.1, 0.15) is 11.7 Å². The summed E-state index contributed by atoms with van der Waals surface area (Å²) in [6.45, 7) is 7.33. The molecular formula is C19H26O5. The molecule has 1 aliphatic carbocycles. The van der Waals surface area contributed by atoms with Gasteiger partial charge in [0.25, 0.3) is 0 Å². The SMILES string of the molecule is CC=C(C)C(=O)OC(C)(C)C1CC2C(CC=C3CCC(=O)OC32)O1. The van der Waals surface area contributed by atoms with Gasteiger partial charge in [-0.15, -0.1) is 0 Å². The number of fused-ring (bicyclic) bond motifs is 3. The first-order valence-electron chi connectivity index (χ1n) is 8.72. The topological polar surface area (TPSA) is 61.8 Å². The highest BCUT2D eigenvalue weighted by atomic mass is 16.6. The molecule has 0 spiro atoms. The average molecular weight is 334 g/mol. The second-order valence-electron chi connectivity index (χ2n) is 7.45. The van der Waals surface area contributed by atoms with E-state index in [4.69, 9.17) is 14.2 Å². The minimum Gasteiger partial charge on any atom is -0.457 e. The summed E-state index contributed by atoms with van der Waals surface area (Å²) in [6.07, 6.45) is 6.38. The summed E-state index contributed by atoms with van der Waals surface area (Å²) < 4.78 is 17.5. The van der Waals surface area contributed by atoms with Crippen molar-refractivity contribution in [2.24, 2.45) is 5.92 Å². The molecule has 5 nitrogen and oxygen atoms in total. The van der Waals surface area contributed by atoms with E-state index in [1.54, 1.807) is 13.0 Å². The van der Waals surface area contributed by atoms with Crippen molar-refractivity contribution in [3.8, 4) is 0 Å². The molecule has 0 amide bonds. The summed E-state index contributed by atoms with van der Waals surface area (Å²) in [6, 6.07) is 0. The Hall–Kier alpha value is -1.62. The highest BCUT2D eigenvalue weighted by Gasteiger charge is 2.51. The highest BCUT2D eigenvalue weighted by molar-refractivity contribution is 5.87. The summed E-state index contributed by atoms with van der Waals surface area (Å²) in [4.78, 5) is 23.8. The van der Waals surface area contributed by atoms with Crippen molar-refractivity contribution < 1.29 is 23.8 Å². The molecule has 3 aliphatic rings. The van der Waals surface area contributed by atoms with Gasteiger partial charge in [0.2, 0.25) is 0 Å². The molecule has 2 aliphatic heterocycles. The third kappa shape index (κ3) is 3.14. The first-order chi connectivity index (χ1) is 11.3. The van der Waals surface area contributed by atoms with E-state index in [0.717, 1.165) is 19.3 Å². The van der Waals surface area contributed by atoms with Gasteiger partial charge in [-0.2, -0.15) is 0 Å². The fourth-order valence-corrected chi connectivity index (χ4v) is 3.78. The standard InChI is InChI=1S/C19H26O5/c1-5-11(2)18(21)24-19(3,4)15-10-13-14(22-15)8-6-12-7-9-16(20)23-17(12)13/h5-6,13-15,17H,7-10H2,1-4H3. The van der Waals surface area contributed by atoms with Gasteiger partial charge in [-0.3, -0.25) is 4.79 Å². The largest absolute Gasteiger partial charge is 0.457 e. The fraction of sp³-hybridized carbons (Fsp3) is 0.684. The smallest absolute Gasteiger partial charge is 0.333 e. The Morgan fingerprint density at radius 1 is 1.38 bits per heavy atom. The second-order valence-corrected chi connectivity index (χ2v) is 7.45. The van der Waals surface area contributed by atoms with Crippen LogP contribution < -0.4 is 0 Å². The molecule has 132 valence electrons. The molecule has 0 aromatic rings. The minimum absolute atomic E-state index is 0.0236. The van der Waals surface area contributed by atoms with Crippen LogP contribution in [0.1, 0.15) is 53.4 Å². The lowest BCUT2D eigenvalue weighted by molar-refractivity contribution is -0.167. The molecule has 4 atom stereocenters. The zero-order valence-corrected chi connectivity index (χ0v) is 14.8. The number of hydrogen-bond donors (Lipinski definition) is 0. The van der Waals surface area contributed by atoms with E-state index < -0.39 is 5.60 Å². The fourth-order valence-electron chi connectivity index (χ4n) is 3.78. The van der Waals surface area contributed by atoms with E-state index in [1.807, 2.05) is 20.8 Å². The molecule has 0 radical (unpaired) electrons. The van der Waals surface area contributed by atoms with E-state index >= 15 is 0 Å². The van der Waals surface area contributed by atoms with Crippen LogP contribution in [0.15, 0.2) is 23.3 Å². The number of carbonyl (C=O) groups excluding carboxylic acids is 2. The van der Waals surface area contributed by atoms with Gasteiger partial charge in [-0.05, 0) is 52.5 Å². The van der Waals surface area contributed by atoms with Crippen LogP contribution >= 0.6 is 0 Å². The van der Waals surface area contributed by atoms with Crippen LogP contribution in [0.3, 0.4) is 0 Å². The monoisotopic (exact) mass is 334 g/mol.